The molecule has 1 saturated carbocycles. The molecule has 98 valence electrons. The number of pyridine rings is 1. The van der Waals surface area contributed by atoms with E-state index in [0.717, 1.165) is 29.2 Å². The predicted molar refractivity (Wildman–Crippen MR) is 76.1 cm³/mol. The maximum atomic E-state index is 12.2. The number of fused-ring (bicyclic) bond motifs is 1. The number of hydrogen-bond acceptors (Lipinski definition) is 2. The zero-order chi connectivity index (χ0) is 13.1. The number of amides is 1. The van der Waals surface area contributed by atoms with Crippen LogP contribution in [0.4, 0.5) is 0 Å². The Balaban J connectivity index is 1.77. The number of rotatable bonds is 2. The van der Waals surface area contributed by atoms with Gasteiger partial charge in [0.1, 0.15) is 0 Å². The fourth-order valence-corrected chi connectivity index (χ4v) is 2.74. The number of aromatic nitrogens is 1. The monoisotopic (exact) mass is 254 g/mol. The molecule has 1 aromatic carbocycles. The van der Waals surface area contributed by atoms with Gasteiger partial charge in [-0.15, -0.1) is 0 Å². The minimum atomic E-state index is 0.0469. The lowest BCUT2D eigenvalue weighted by Crippen LogP contribution is -2.36. The van der Waals surface area contributed by atoms with Gasteiger partial charge in [0.2, 0.25) is 0 Å². The minimum Gasteiger partial charge on any atom is -0.349 e. The van der Waals surface area contributed by atoms with Gasteiger partial charge in [-0.1, -0.05) is 25.3 Å². The number of carbonyl (C=O) groups is 1. The molecule has 1 aromatic heterocycles. The number of nitrogens with one attached hydrogen (secondary N) is 1. The smallest absolute Gasteiger partial charge is 0.251 e. The van der Waals surface area contributed by atoms with Crippen molar-refractivity contribution in [3.8, 4) is 0 Å². The lowest BCUT2D eigenvalue weighted by molar-refractivity contribution is 0.0928. The molecule has 1 N–H and O–H groups in total. The molecule has 0 spiro atoms. The molecule has 0 atom stereocenters. The molecule has 0 saturated heterocycles. The van der Waals surface area contributed by atoms with Gasteiger partial charge in [0.05, 0.1) is 0 Å². The van der Waals surface area contributed by atoms with Crippen molar-refractivity contribution in [2.45, 2.75) is 38.1 Å². The summed E-state index contributed by atoms with van der Waals surface area (Å²) in [7, 11) is 0. The van der Waals surface area contributed by atoms with Crippen LogP contribution >= 0.6 is 0 Å². The maximum absolute atomic E-state index is 12.2. The van der Waals surface area contributed by atoms with E-state index >= 15 is 0 Å². The quantitative estimate of drug-likeness (QED) is 0.893. The second-order valence-corrected chi connectivity index (χ2v) is 5.25. The maximum Gasteiger partial charge on any atom is 0.251 e. The highest BCUT2D eigenvalue weighted by Gasteiger charge is 2.16. The summed E-state index contributed by atoms with van der Waals surface area (Å²) in [6.45, 7) is 0. The molecule has 3 heteroatoms. The molecule has 2 aromatic rings. The van der Waals surface area contributed by atoms with Gasteiger partial charge in [-0.25, -0.2) is 0 Å². The normalized spacial score (nSPS) is 16.4. The van der Waals surface area contributed by atoms with E-state index in [-0.39, 0.29) is 5.91 Å². The van der Waals surface area contributed by atoms with Crippen LogP contribution in [0.2, 0.25) is 0 Å². The number of hydrogen-bond donors (Lipinski definition) is 1. The largest absolute Gasteiger partial charge is 0.349 e. The highest BCUT2D eigenvalue weighted by Crippen LogP contribution is 2.19. The summed E-state index contributed by atoms with van der Waals surface area (Å²) < 4.78 is 0. The van der Waals surface area contributed by atoms with Crippen LogP contribution in [0.1, 0.15) is 42.5 Å². The van der Waals surface area contributed by atoms with Crippen LogP contribution in [-0.2, 0) is 0 Å². The first kappa shape index (κ1) is 12.2. The van der Waals surface area contributed by atoms with Crippen LogP contribution in [0.15, 0.2) is 36.7 Å². The summed E-state index contributed by atoms with van der Waals surface area (Å²) in [6, 6.07) is 8.07. The number of nitrogens with zero attached hydrogens (tertiary/aromatic N) is 1. The molecule has 0 unspecified atom stereocenters. The van der Waals surface area contributed by atoms with E-state index < -0.39 is 0 Å². The van der Waals surface area contributed by atoms with Crippen molar-refractivity contribution in [1.29, 1.82) is 0 Å². The number of carbonyl (C=O) groups excluding carboxylic acids is 1. The summed E-state index contributed by atoms with van der Waals surface area (Å²) in [5, 5.41) is 5.27. The molecule has 0 radical (unpaired) electrons. The third-order valence-electron chi connectivity index (χ3n) is 3.84. The Morgan fingerprint density at radius 3 is 2.79 bits per heavy atom. The summed E-state index contributed by atoms with van der Waals surface area (Å²) in [6.07, 6.45) is 9.56. The van der Waals surface area contributed by atoms with Gasteiger partial charge in [-0.2, -0.15) is 0 Å². The Kier molecular flexibility index (Phi) is 3.45. The van der Waals surface area contributed by atoms with Gasteiger partial charge in [0, 0.05) is 29.4 Å². The van der Waals surface area contributed by atoms with Crippen LogP contribution in [-0.4, -0.2) is 16.9 Å². The van der Waals surface area contributed by atoms with Gasteiger partial charge in [-0.3, -0.25) is 9.78 Å². The van der Waals surface area contributed by atoms with E-state index in [0.29, 0.717) is 6.04 Å². The van der Waals surface area contributed by atoms with Crippen LogP contribution in [0.25, 0.3) is 10.8 Å². The van der Waals surface area contributed by atoms with Gasteiger partial charge in [0.15, 0.2) is 0 Å². The Morgan fingerprint density at radius 1 is 1.11 bits per heavy atom. The Morgan fingerprint density at radius 2 is 1.95 bits per heavy atom. The molecule has 1 aliphatic carbocycles. The van der Waals surface area contributed by atoms with E-state index in [1.165, 1.54) is 19.3 Å². The van der Waals surface area contributed by atoms with Gasteiger partial charge in [-0.05, 0) is 36.4 Å². The minimum absolute atomic E-state index is 0.0469. The van der Waals surface area contributed by atoms with E-state index in [1.54, 1.807) is 6.20 Å². The van der Waals surface area contributed by atoms with Crippen LogP contribution in [0.5, 0.6) is 0 Å². The molecule has 1 aliphatic rings. The van der Waals surface area contributed by atoms with E-state index in [9.17, 15) is 4.79 Å². The predicted octanol–water partition coefficient (Wildman–Crippen LogP) is 3.30. The topological polar surface area (TPSA) is 42.0 Å². The van der Waals surface area contributed by atoms with E-state index in [2.05, 4.69) is 10.3 Å². The van der Waals surface area contributed by atoms with Crippen molar-refractivity contribution in [3.05, 3.63) is 42.2 Å². The highest BCUT2D eigenvalue weighted by atomic mass is 16.1. The lowest BCUT2D eigenvalue weighted by Gasteiger charge is -2.22. The first-order valence-electron chi connectivity index (χ1n) is 6.97. The van der Waals surface area contributed by atoms with Crippen molar-refractivity contribution in [1.82, 2.24) is 10.3 Å². The SMILES string of the molecule is O=C(NC1CCCCC1)c1ccc2cnccc2c1. The standard InChI is InChI=1S/C16H18N2O/c19-16(18-15-4-2-1-3-5-15)13-6-7-14-11-17-9-8-12(14)10-13/h6-11,15H,1-5H2,(H,18,19). The molecule has 0 bridgehead atoms. The summed E-state index contributed by atoms with van der Waals surface area (Å²) in [5.41, 5.74) is 0.740. The fourth-order valence-electron chi connectivity index (χ4n) is 2.74. The van der Waals surface area contributed by atoms with Crippen molar-refractivity contribution >= 4 is 16.7 Å². The molecule has 1 fully saturated rings. The van der Waals surface area contributed by atoms with Crippen LogP contribution in [0.3, 0.4) is 0 Å². The average Bonchev–Trinajstić information content (AvgIpc) is 2.48. The molecule has 3 rings (SSSR count). The third-order valence-corrected chi connectivity index (χ3v) is 3.84. The Labute approximate surface area is 113 Å². The van der Waals surface area contributed by atoms with Gasteiger partial charge < -0.3 is 5.32 Å². The fraction of sp³-hybridized carbons (Fsp3) is 0.375. The second kappa shape index (κ2) is 5.39. The number of benzene rings is 1. The molecule has 0 aliphatic heterocycles. The zero-order valence-corrected chi connectivity index (χ0v) is 10.9. The van der Waals surface area contributed by atoms with Crippen molar-refractivity contribution in [2.24, 2.45) is 0 Å². The van der Waals surface area contributed by atoms with Crippen LogP contribution < -0.4 is 5.32 Å². The molecule has 1 heterocycles. The highest BCUT2D eigenvalue weighted by molar-refractivity contribution is 5.98. The first-order chi connectivity index (χ1) is 9.33. The molecular weight excluding hydrogens is 236 g/mol. The lowest BCUT2D eigenvalue weighted by atomic mass is 9.95. The van der Waals surface area contributed by atoms with E-state index in [4.69, 9.17) is 0 Å². The molecular formula is C16H18N2O. The average molecular weight is 254 g/mol. The van der Waals surface area contributed by atoms with Gasteiger partial charge >= 0.3 is 0 Å². The van der Waals surface area contributed by atoms with Crippen molar-refractivity contribution in [2.75, 3.05) is 0 Å². The Bertz CT molecular complexity index is 588. The van der Waals surface area contributed by atoms with E-state index in [1.807, 2.05) is 30.5 Å². The molecule has 3 nitrogen and oxygen atoms in total. The summed E-state index contributed by atoms with van der Waals surface area (Å²) in [5.74, 6) is 0.0469. The summed E-state index contributed by atoms with van der Waals surface area (Å²) in [4.78, 5) is 16.3. The summed E-state index contributed by atoms with van der Waals surface area (Å²) >= 11 is 0. The molecule has 19 heavy (non-hydrogen) atoms. The molecule has 1 amide bonds. The van der Waals surface area contributed by atoms with Crippen molar-refractivity contribution in [3.63, 3.8) is 0 Å². The van der Waals surface area contributed by atoms with Gasteiger partial charge in [0.25, 0.3) is 5.91 Å². The third kappa shape index (κ3) is 2.75. The van der Waals surface area contributed by atoms with Crippen molar-refractivity contribution < 1.29 is 4.79 Å². The Hall–Kier alpha value is -1.90. The first-order valence-corrected chi connectivity index (χ1v) is 6.97. The van der Waals surface area contributed by atoms with Crippen LogP contribution in [0, 0.1) is 0 Å². The zero-order valence-electron chi connectivity index (χ0n) is 10.9. The second-order valence-electron chi connectivity index (χ2n) is 5.25.